The van der Waals surface area contributed by atoms with Gasteiger partial charge in [-0.3, -0.25) is 4.57 Å². The van der Waals surface area contributed by atoms with E-state index in [9.17, 15) is 4.57 Å². The second kappa shape index (κ2) is 11.8. The molecule has 0 unspecified atom stereocenters. The van der Waals surface area contributed by atoms with Crippen LogP contribution < -0.4 is 5.32 Å². The Hall–Kier alpha value is 0.327. The quantitative estimate of drug-likeness (QED) is 0.282. The third kappa shape index (κ3) is 13.7. The van der Waals surface area contributed by atoms with Crippen LogP contribution >= 0.6 is 7.60 Å². The highest BCUT2D eigenvalue weighted by Crippen LogP contribution is 2.47. The summed E-state index contributed by atoms with van der Waals surface area (Å²) < 4.78 is 22.7. The molecule has 0 amide bonds. The van der Waals surface area contributed by atoms with Crippen LogP contribution in [0.1, 0.15) is 39.5 Å². The van der Waals surface area contributed by atoms with Crippen LogP contribution in [0.4, 0.5) is 0 Å². The molecular weight excluding hydrogens is 301 g/mol. The second-order valence-electron chi connectivity index (χ2n) is 6.64. The zero-order chi connectivity index (χ0) is 16.2. The summed E-state index contributed by atoms with van der Waals surface area (Å²) >= 11 is 0. The molecule has 0 radical (unpaired) electrons. The van der Waals surface area contributed by atoms with Crippen molar-refractivity contribution < 1.29 is 13.6 Å². The van der Waals surface area contributed by atoms with Crippen molar-refractivity contribution in [1.29, 1.82) is 0 Å². The zero-order valence-corrected chi connectivity index (χ0v) is 16.6. The van der Waals surface area contributed by atoms with Crippen molar-refractivity contribution in [1.82, 2.24) is 5.32 Å². The monoisotopic (exact) mass is 337 g/mol. The maximum absolute atomic E-state index is 12.2. The van der Waals surface area contributed by atoms with Crippen LogP contribution in [0.3, 0.4) is 0 Å². The molecule has 0 fully saturated rings. The van der Waals surface area contributed by atoms with E-state index >= 15 is 0 Å². The predicted molar refractivity (Wildman–Crippen MR) is 95.2 cm³/mol. The van der Waals surface area contributed by atoms with E-state index in [4.69, 9.17) is 9.05 Å². The van der Waals surface area contributed by atoms with Gasteiger partial charge in [0.05, 0.1) is 19.4 Å². The van der Waals surface area contributed by atoms with Gasteiger partial charge in [-0.15, -0.1) is 0 Å². The predicted octanol–water partition coefficient (Wildman–Crippen LogP) is 4.74. The molecule has 0 aromatic rings. The first-order valence-corrected chi connectivity index (χ1v) is 13.9. The SMILES string of the molecule is CCOP(=O)(CCNCCCCCC[Si](C)(C)C)OCC. The molecule has 0 heterocycles. The molecule has 0 aliphatic carbocycles. The number of rotatable bonds is 14. The summed E-state index contributed by atoms with van der Waals surface area (Å²) in [5.41, 5.74) is 0. The van der Waals surface area contributed by atoms with Crippen LogP contribution in [0.25, 0.3) is 0 Å². The average Bonchev–Trinajstić information content (AvgIpc) is 2.36. The topological polar surface area (TPSA) is 47.6 Å². The van der Waals surface area contributed by atoms with Gasteiger partial charge in [0, 0.05) is 14.6 Å². The number of nitrogens with one attached hydrogen (secondary N) is 1. The van der Waals surface area contributed by atoms with Gasteiger partial charge in [-0.1, -0.05) is 44.9 Å². The van der Waals surface area contributed by atoms with Gasteiger partial charge in [-0.05, 0) is 26.8 Å². The van der Waals surface area contributed by atoms with Crippen molar-refractivity contribution in [3.8, 4) is 0 Å². The molecule has 0 aliphatic rings. The summed E-state index contributed by atoms with van der Waals surface area (Å²) in [5, 5.41) is 3.34. The lowest BCUT2D eigenvalue weighted by atomic mass is 10.2. The van der Waals surface area contributed by atoms with Crippen LogP contribution in [0.15, 0.2) is 0 Å². The number of unbranched alkanes of at least 4 members (excludes halogenated alkanes) is 3. The molecule has 1 N–H and O–H groups in total. The Labute approximate surface area is 132 Å². The minimum Gasteiger partial charge on any atom is -0.316 e. The van der Waals surface area contributed by atoms with Crippen molar-refractivity contribution in [3.63, 3.8) is 0 Å². The van der Waals surface area contributed by atoms with Crippen LogP contribution in [-0.4, -0.2) is 40.5 Å². The van der Waals surface area contributed by atoms with Gasteiger partial charge in [-0.2, -0.15) is 0 Å². The van der Waals surface area contributed by atoms with E-state index in [1.165, 1.54) is 31.7 Å². The molecule has 0 bridgehead atoms. The van der Waals surface area contributed by atoms with Gasteiger partial charge in [0.15, 0.2) is 0 Å². The highest BCUT2D eigenvalue weighted by Gasteiger charge is 2.22. The van der Waals surface area contributed by atoms with Gasteiger partial charge >= 0.3 is 7.60 Å². The fourth-order valence-corrected chi connectivity index (χ4v) is 5.02. The van der Waals surface area contributed by atoms with Crippen molar-refractivity contribution in [3.05, 3.63) is 0 Å². The fourth-order valence-electron chi connectivity index (χ4n) is 2.16. The fraction of sp³-hybridized carbons (Fsp3) is 1.00. The van der Waals surface area contributed by atoms with E-state index in [2.05, 4.69) is 25.0 Å². The van der Waals surface area contributed by atoms with E-state index in [0.29, 0.717) is 25.9 Å². The van der Waals surface area contributed by atoms with Crippen molar-refractivity contribution >= 4 is 15.7 Å². The van der Waals surface area contributed by atoms with Gasteiger partial charge in [0.2, 0.25) is 0 Å². The average molecular weight is 338 g/mol. The summed E-state index contributed by atoms with van der Waals surface area (Å²) in [7, 11) is -3.71. The van der Waals surface area contributed by atoms with Crippen molar-refractivity contribution in [2.45, 2.75) is 65.2 Å². The normalized spacial score (nSPS) is 12.8. The molecule has 4 nitrogen and oxygen atoms in total. The summed E-state index contributed by atoms with van der Waals surface area (Å²) in [5.74, 6) is 0. The van der Waals surface area contributed by atoms with E-state index in [1.54, 1.807) is 0 Å². The number of hydrogen-bond donors (Lipinski definition) is 1. The second-order valence-corrected chi connectivity index (χ2v) is 14.5. The molecule has 0 spiro atoms. The lowest BCUT2D eigenvalue weighted by Crippen LogP contribution is -2.21. The zero-order valence-electron chi connectivity index (χ0n) is 14.7. The Balaban J connectivity index is 3.52. The first kappa shape index (κ1) is 21.3. The van der Waals surface area contributed by atoms with E-state index in [0.717, 1.165) is 6.54 Å². The molecule has 6 heteroatoms. The van der Waals surface area contributed by atoms with E-state index in [1.807, 2.05) is 13.8 Å². The lowest BCUT2D eigenvalue weighted by Gasteiger charge is -2.17. The molecule has 0 saturated heterocycles. The summed E-state index contributed by atoms with van der Waals surface area (Å²) in [6.45, 7) is 13.6. The van der Waals surface area contributed by atoms with Crippen LogP contribution in [0.5, 0.6) is 0 Å². The summed E-state index contributed by atoms with van der Waals surface area (Å²) in [4.78, 5) is 0. The van der Waals surface area contributed by atoms with Gasteiger partial charge in [-0.25, -0.2) is 0 Å². The van der Waals surface area contributed by atoms with Crippen LogP contribution in [0.2, 0.25) is 25.7 Å². The number of hydrogen-bond acceptors (Lipinski definition) is 4. The highest BCUT2D eigenvalue weighted by molar-refractivity contribution is 7.53. The van der Waals surface area contributed by atoms with Crippen LogP contribution in [0, 0.1) is 0 Å². The standard InChI is InChI=1S/C15H36NO3PSi/c1-6-18-20(17,19-7-2)14-13-16-12-10-8-9-11-15-21(3,4)5/h16H,6-15H2,1-5H3. The summed E-state index contributed by atoms with van der Waals surface area (Å²) in [6.07, 6.45) is 5.65. The van der Waals surface area contributed by atoms with Crippen molar-refractivity contribution in [2.24, 2.45) is 0 Å². The van der Waals surface area contributed by atoms with Gasteiger partial charge in [0.25, 0.3) is 0 Å². The minimum absolute atomic E-state index is 0.439. The smallest absolute Gasteiger partial charge is 0.316 e. The van der Waals surface area contributed by atoms with Crippen LogP contribution in [-0.2, 0) is 13.6 Å². The molecule has 21 heavy (non-hydrogen) atoms. The molecule has 0 aromatic heterocycles. The minimum atomic E-state index is -2.86. The molecule has 0 rings (SSSR count). The first-order chi connectivity index (χ1) is 9.83. The summed E-state index contributed by atoms with van der Waals surface area (Å²) in [6, 6.07) is 1.44. The largest absolute Gasteiger partial charge is 0.331 e. The molecule has 0 saturated carbocycles. The molecule has 0 atom stereocenters. The Morgan fingerprint density at radius 3 is 2.00 bits per heavy atom. The van der Waals surface area contributed by atoms with E-state index in [-0.39, 0.29) is 0 Å². The third-order valence-corrected chi connectivity index (χ3v) is 7.17. The van der Waals surface area contributed by atoms with Crippen molar-refractivity contribution in [2.75, 3.05) is 32.5 Å². The third-order valence-electron chi connectivity index (χ3n) is 3.24. The Bertz CT molecular complexity index is 285. The Kier molecular flexibility index (Phi) is 12.0. The molecule has 0 aromatic carbocycles. The Morgan fingerprint density at radius 1 is 0.905 bits per heavy atom. The molecule has 128 valence electrons. The lowest BCUT2D eigenvalue weighted by molar-refractivity contribution is 0.220. The Morgan fingerprint density at radius 2 is 1.48 bits per heavy atom. The van der Waals surface area contributed by atoms with E-state index < -0.39 is 15.7 Å². The van der Waals surface area contributed by atoms with Gasteiger partial charge < -0.3 is 14.4 Å². The highest BCUT2D eigenvalue weighted by atomic mass is 31.2. The molecular formula is C15H36NO3PSi. The maximum atomic E-state index is 12.2. The van der Waals surface area contributed by atoms with Gasteiger partial charge in [0.1, 0.15) is 0 Å². The first-order valence-electron chi connectivity index (χ1n) is 8.42. The maximum Gasteiger partial charge on any atom is 0.331 e. The molecule has 0 aliphatic heterocycles.